The molecule has 5 heteroatoms. The number of nitrogens with zero attached hydrogens (tertiary/aromatic N) is 2. The summed E-state index contributed by atoms with van der Waals surface area (Å²) in [6.45, 7) is 3.80. The molecular formula is C12H19N3OS. The second kappa shape index (κ2) is 4.55. The van der Waals surface area contributed by atoms with Crippen molar-refractivity contribution < 1.29 is 4.74 Å². The van der Waals surface area contributed by atoms with E-state index in [1.807, 2.05) is 13.1 Å². The highest BCUT2D eigenvalue weighted by atomic mass is 32.1. The molecule has 4 nitrogen and oxygen atoms in total. The molecular weight excluding hydrogens is 234 g/mol. The molecule has 17 heavy (non-hydrogen) atoms. The summed E-state index contributed by atoms with van der Waals surface area (Å²) in [5.74, 6) is 0. The van der Waals surface area contributed by atoms with Crippen LogP contribution in [0.4, 0.5) is 5.13 Å². The SMILES string of the molecule is CC(N)c1cnc(N2CCOC3CCCC32)s1. The van der Waals surface area contributed by atoms with Crippen LogP contribution in [-0.2, 0) is 4.74 Å². The van der Waals surface area contributed by atoms with Crippen molar-refractivity contribution in [1.29, 1.82) is 0 Å². The van der Waals surface area contributed by atoms with Gasteiger partial charge in [-0.05, 0) is 26.2 Å². The maximum absolute atomic E-state index is 5.89. The molecule has 2 N–H and O–H groups in total. The molecule has 0 radical (unpaired) electrons. The summed E-state index contributed by atoms with van der Waals surface area (Å²) >= 11 is 1.73. The molecule has 1 aliphatic carbocycles. The number of hydrogen-bond acceptors (Lipinski definition) is 5. The number of morpholine rings is 1. The Hall–Kier alpha value is -0.650. The number of anilines is 1. The maximum Gasteiger partial charge on any atom is 0.185 e. The molecule has 3 unspecified atom stereocenters. The predicted molar refractivity (Wildman–Crippen MR) is 69.4 cm³/mol. The van der Waals surface area contributed by atoms with Crippen molar-refractivity contribution in [3.63, 3.8) is 0 Å². The summed E-state index contributed by atoms with van der Waals surface area (Å²) in [7, 11) is 0. The van der Waals surface area contributed by atoms with Gasteiger partial charge in [0.25, 0.3) is 0 Å². The Morgan fingerprint density at radius 3 is 3.24 bits per heavy atom. The van der Waals surface area contributed by atoms with Gasteiger partial charge in [-0.15, -0.1) is 11.3 Å². The lowest BCUT2D eigenvalue weighted by molar-refractivity contribution is 0.0256. The van der Waals surface area contributed by atoms with Gasteiger partial charge in [-0.3, -0.25) is 0 Å². The van der Waals surface area contributed by atoms with Crippen LogP contribution in [0.25, 0.3) is 0 Å². The molecule has 94 valence electrons. The van der Waals surface area contributed by atoms with Crippen LogP contribution < -0.4 is 10.6 Å². The molecule has 2 aliphatic rings. The minimum atomic E-state index is 0.0849. The minimum absolute atomic E-state index is 0.0849. The molecule has 0 spiro atoms. The van der Waals surface area contributed by atoms with E-state index in [0.29, 0.717) is 12.1 Å². The van der Waals surface area contributed by atoms with Gasteiger partial charge in [0, 0.05) is 23.7 Å². The number of hydrogen-bond donors (Lipinski definition) is 1. The summed E-state index contributed by atoms with van der Waals surface area (Å²) in [6.07, 6.45) is 6.05. The largest absolute Gasteiger partial charge is 0.374 e. The number of rotatable bonds is 2. The highest BCUT2D eigenvalue weighted by Crippen LogP contribution is 2.35. The van der Waals surface area contributed by atoms with Gasteiger partial charge in [0.15, 0.2) is 5.13 Å². The fraction of sp³-hybridized carbons (Fsp3) is 0.750. The number of aromatic nitrogens is 1. The van der Waals surface area contributed by atoms with E-state index in [9.17, 15) is 0 Å². The molecule has 1 aromatic heterocycles. The highest BCUT2D eigenvalue weighted by molar-refractivity contribution is 7.15. The maximum atomic E-state index is 5.89. The van der Waals surface area contributed by atoms with E-state index in [2.05, 4.69) is 9.88 Å². The topological polar surface area (TPSA) is 51.4 Å². The first-order chi connectivity index (χ1) is 8.25. The van der Waals surface area contributed by atoms with Gasteiger partial charge in [0.2, 0.25) is 0 Å². The van der Waals surface area contributed by atoms with Gasteiger partial charge in [-0.25, -0.2) is 4.98 Å². The van der Waals surface area contributed by atoms with E-state index in [4.69, 9.17) is 10.5 Å². The third-order valence-electron chi connectivity index (χ3n) is 3.69. The predicted octanol–water partition coefficient (Wildman–Crippen LogP) is 1.92. The smallest absolute Gasteiger partial charge is 0.185 e. The fourth-order valence-electron chi connectivity index (χ4n) is 2.78. The van der Waals surface area contributed by atoms with Crippen LogP contribution in [0.15, 0.2) is 6.20 Å². The minimum Gasteiger partial charge on any atom is -0.374 e. The van der Waals surface area contributed by atoms with Crippen molar-refractivity contribution >= 4 is 16.5 Å². The quantitative estimate of drug-likeness (QED) is 0.875. The number of fused-ring (bicyclic) bond motifs is 1. The van der Waals surface area contributed by atoms with Gasteiger partial charge < -0.3 is 15.4 Å². The van der Waals surface area contributed by atoms with Crippen molar-refractivity contribution in [1.82, 2.24) is 4.98 Å². The van der Waals surface area contributed by atoms with Crippen LogP contribution in [0.5, 0.6) is 0 Å². The molecule has 0 aromatic carbocycles. The molecule has 1 aromatic rings. The van der Waals surface area contributed by atoms with Gasteiger partial charge in [-0.1, -0.05) is 0 Å². The van der Waals surface area contributed by atoms with E-state index in [0.717, 1.165) is 18.3 Å². The Labute approximate surface area is 106 Å². The van der Waals surface area contributed by atoms with E-state index in [-0.39, 0.29) is 6.04 Å². The zero-order valence-electron chi connectivity index (χ0n) is 10.1. The Morgan fingerprint density at radius 1 is 1.59 bits per heavy atom. The van der Waals surface area contributed by atoms with E-state index in [1.165, 1.54) is 24.1 Å². The third-order valence-corrected chi connectivity index (χ3v) is 4.92. The zero-order chi connectivity index (χ0) is 11.8. The number of nitrogens with two attached hydrogens (primary N) is 1. The van der Waals surface area contributed by atoms with Gasteiger partial charge in [0.05, 0.1) is 18.8 Å². The summed E-state index contributed by atoms with van der Waals surface area (Å²) in [5.41, 5.74) is 5.89. The molecule has 1 saturated carbocycles. The van der Waals surface area contributed by atoms with Crippen LogP contribution in [0.3, 0.4) is 0 Å². The Balaban J connectivity index is 1.81. The van der Waals surface area contributed by atoms with Gasteiger partial charge in [0.1, 0.15) is 0 Å². The van der Waals surface area contributed by atoms with Crippen LogP contribution >= 0.6 is 11.3 Å². The standard InChI is InChI=1S/C12H19N3OS/c1-8(13)11-7-14-12(17-11)15-5-6-16-10-4-2-3-9(10)15/h7-10H,2-6,13H2,1H3. The monoisotopic (exact) mass is 253 g/mol. The third kappa shape index (κ3) is 2.07. The molecule has 3 rings (SSSR count). The molecule has 3 atom stereocenters. The lowest BCUT2D eigenvalue weighted by atomic mass is 10.1. The number of thiazole rings is 1. The van der Waals surface area contributed by atoms with Crippen LogP contribution in [-0.4, -0.2) is 30.3 Å². The van der Waals surface area contributed by atoms with Crippen molar-refractivity contribution in [3.8, 4) is 0 Å². The molecule has 2 heterocycles. The summed E-state index contributed by atoms with van der Waals surface area (Å²) < 4.78 is 5.82. The van der Waals surface area contributed by atoms with E-state index >= 15 is 0 Å². The molecule has 0 amide bonds. The lowest BCUT2D eigenvalue weighted by Crippen LogP contribution is -2.48. The average Bonchev–Trinajstić information content (AvgIpc) is 2.97. The van der Waals surface area contributed by atoms with Crippen molar-refractivity contribution in [3.05, 3.63) is 11.1 Å². The Morgan fingerprint density at radius 2 is 2.47 bits per heavy atom. The van der Waals surface area contributed by atoms with Crippen molar-refractivity contribution in [2.45, 2.75) is 44.4 Å². The summed E-state index contributed by atoms with van der Waals surface area (Å²) in [6, 6.07) is 0.623. The second-order valence-corrected chi connectivity index (χ2v) is 5.98. The lowest BCUT2D eigenvalue weighted by Gasteiger charge is -2.37. The first-order valence-electron chi connectivity index (χ1n) is 6.35. The van der Waals surface area contributed by atoms with Crippen LogP contribution in [0.1, 0.15) is 37.1 Å². The molecule has 0 bridgehead atoms. The number of ether oxygens (including phenoxy) is 1. The van der Waals surface area contributed by atoms with Gasteiger partial charge >= 0.3 is 0 Å². The average molecular weight is 253 g/mol. The normalized spacial score (nSPS) is 30.4. The second-order valence-electron chi connectivity index (χ2n) is 4.93. The van der Waals surface area contributed by atoms with Crippen LogP contribution in [0.2, 0.25) is 0 Å². The fourth-order valence-corrected chi connectivity index (χ4v) is 3.73. The molecule has 1 aliphatic heterocycles. The van der Waals surface area contributed by atoms with E-state index < -0.39 is 0 Å². The molecule has 2 fully saturated rings. The van der Waals surface area contributed by atoms with E-state index in [1.54, 1.807) is 11.3 Å². The van der Waals surface area contributed by atoms with Crippen LogP contribution in [0, 0.1) is 0 Å². The first kappa shape index (κ1) is 11.4. The zero-order valence-corrected chi connectivity index (χ0v) is 10.9. The summed E-state index contributed by atoms with van der Waals surface area (Å²) in [5, 5.41) is 1.12. The van der Waals surface area contributed by atoms with Gasteiger partial charge in [-0.2, -0.15) is 0 Å². The first-order valence-corrected chi connectivity index (χ1v) is 7.17. The Bertz CT molecular complexity index is 393. The molecule has 1 saturated heterocycles. The Kier molecular flexibility index (Phi) is 3.06. The summed E-state index contributed by atoms with van der Waals surface area (Å²) in [4.78, 5) is 8.13. The van der Waals surface area contributed by atoms with Crippen molar-refractivity contribution in [2.24, 2.45) is 5.73 Å². The van der Waals surface area contributed by atoms with Crippen molar-refractivity contribution in [2.75, 3.05) is 18.1 Å². The highest BCUT2D eigenvalue weighted by Gasteiger charge is 2.37.